The van der Waals surface area contributed by atoms with E-state index in [9.17, 15) is 14.4 Å². The summed E-state index contributed by atoms with van der Waals surface area (Å²) >= 11 is 0. The molecule has 0 heterocycles. The van der Waals surface area contributed by atoms with E-state index in [1.54, 1.807) is 0 Å². The molecule has 0 rings (SSSR count). The summed E-state index contributed by atoms with van der Waals surface area (Å²) in [5.74, 6) is 1.59. The Labute approximate surface area is 155 Å². The van der Waals surface area contributed by atoms with Crippen LogP contribution in [0.4, 0.5) is 0 Å². The van der Waals surface area contributed by atoms with Crippen LogP contribution in [0.5, 0.6) is 0 Å². The molecule has 0 saturated carbocycles. The van der Waals surface area contributed by atoms with Crippen LogP contribution in [0.2, 0.25) is 0 Å². The zero-order valence-corrected chi connectivity index (χ0v) is 16.2. The fourth-order valence-electron chi connectivity index (χ4n) is 1.88. The number of hydrogen-bond acceptors (Lipinski definition) is 7. The van der Waals surface area contributed by atoms with Crippen molar-refractivity contribution in [2.24, 2.45) is 5.41 Å². The van der Waals surface area contributed by atoms with E-state index in [0.717, 1.165) is 0 Å². The first-order chi connectivity index (χ1) is 12.4. The molecule has 0 radical (unpaired) electrons. The molecule has 26 heavy (non-hydrogen) atoms. The van der Waals surface area contributed by atoms with Crippen LogP contribution in [0.25, 0.3) is 0 Å². The minimum absolute atomic E-state index is 0.166. The number of hydrogen-bond donors (Lipinski definition) is 0. The number of ether oxygens (including phenoxy) is 4. The summed E-state index contributed by atoms with van der Waals surface area (Å²) in [5, 5.41) is 0. The van der Waals surface area contributed by atoms with Crippen molar-refractivity contribution in [3.8, 4) is 12.0 Å². The third-order valence-electron chi connectivity index (χ3n) is 3.31. The first-order valence-corrected chi connectivity index (χ1v) is 8.95. The lowest BCUT2D eigenvalue weighted by molar-refractivity contribution is -0.157. The summed E-state index contributed by atoms with van der Waals surface area (Å²) in [6, 6.07) is 0. The average Bonchev–Trinajstić information content (AvgIpc) is 2.61. The Morgan fingerprint density at radius 1 is 0.731 bits per heavy atom. The van der Waals surface area contributed by atoms with Gasteiger partial charge in [-0.2, -0.15) is 0 Å². The molecule has 0 aromatic rings. The molecule has 0 fully saturated rings. The van der Waals surface area contributed by atoms with Crippen molar-refractivity contribution in [1.82, 2.24) is 0 Å². The Hall–Kier alpha value is -2.23. The fraction of sp³-hybridized carbons (Fsp3) is 0.737. The minimum Gasteiger partial charge on any atom is -0.464 e. The lowest BCUT2D eigenvalue weighted by Crippen LogP contribution is -2.38. The average molecular weight is 370 g/mol. The molecule has 0 aromatic heterocycles. The van der Waals surface area contributed by atoms with Crippen molar-refractivity contribution in [2.75, 3.05) is 26.9 Å². The van der Waals surface area contributed by atoms with E-state index >= 15 is 0 Å². The Morgan fingerprint density at radius 3 is 1.35 bits per heavy atom. The second-order valence-corrected chi connectivity index (χ2v) is 5.94. The van der Waals surface area contributed by atoms with Crippen LogP contribution < -0.4 is 0 Å². The van der Waals surface area contributed by atoms with Gasteiger partial charge in [-0.1, -0.05) is 20.8 Å². The van der Waals surface area contributed by atoms with Crippen LogP contribution in [-0.4, -0.2) is 44.8 Å². The van der Waals surface area contributed by atoms with Crippen molar-refractivity contribution in [3.05, 3.63) is 0 Å². The lowest BCUT2D eigenvalue weighted by atomic mass is 9.92. The van der Waals surface area contributed by atoms with Gasteiger partial charge in [0.1, 0.15) is 31.3 Å². The number of carbonyl (C=O) groups excluding carboxylic acids is 3. The first-order valence-electron chi connectivity index (χ1n) is 8.95. The second-order valence-electron chi connectivity index (χ2n) is 5.94. The van der Waals surface area contributed by atoms with Gasteiger partial charge in [-0.05, 0) is 25.2 Å². The Bertz CT molecular complexity index is 447. The number of rotatable bonds is 12. The molecular weight excluding hydrogens is 340 g/mol. The van der Waals surface area contributed by atoms with Crippen LogP contribution in [0.1, 0.15) is 59.3 Å². The summed E-state index contributed by atoms with van der Waals surface area (Å²) in [6.45, 7) is 5.08. The topological polar surface area (TPSA) is 88.1 Å². The molecule has 0 saturated heterocycles. The summed E-state index contributed by atoms with van der Waals surface area (Å²) in [5.41, 5.74) is -1.17. The SMILES string of the molecule is CCCC(=O)OCC(C#COC)(COC(=O)CCC)COC(=O)CCC. The van der Waals surface area contributed by atoms with E-state index in [0.29, 0.717) is 19.3 Å². The van der Waals surface area contributed by atoms with Gasteiger partial charge >= 0.3 is 17.9 Å². The predicted molar refractivity (Wildman–Crippen MR) is 94.8 cm³/mol. The van der Waals surface area contributed by atoms with Crippen molar-refractivity contribution < 1.29 is 33.3 Å². The van der Waals surface area contributed by atoms with Gasteiger partial charge in [0.05, 0.1) is 7.11 Å². The van der Waals surface area contributed by atoms with Gasteiger partial charge in [-0.25, -0.2) is 0 Å². The smallest absolute Gasteiger partial charge is 0.305 e. The van der Waals surface area contributed by atoms with Crippen LogP contribution in [0, 0.1) is 17.4 Å². The summed E-state index contributed by atoms with van der Waals surface area (Å²) < 4.78 is 20.5. The molecule has 7 heteroatoms. The largest absolute Gasteiger partial charge is 0.464 e. The Morgan fingerprint density at radius 2 is 1.08 bits per heavy atom. The zero-order chi connectivity index (χ0) is 19.8. The van der Waals surface area contributed by atoms with Crippen molar-refractivity contribution in [2.45, 2.75) is 59.3 Å². The third-order valence-corrected chi connectivity index (χ3v) is 3.31. The first kappa shape index (κ1) is 23.8. The van der Waals surface area contributed by atoms with Gasteiger partial charge in [0.25, 0.3) is 0 Å². The molecule has 7 nitrogen and oxygen atoms in total. The second kappa shape index (κ2) is 14.0. The Kier molecular flexibility index (Phi) is 12.8. The molecule has 0 aliphatic carbocycles. The molecule has 148 valence electrons. The van der Waals surface area contributed by atoms with Crippen molar-refractivity contribution >= 4 is 17.9 Å². The number of methoxy groups -OCH3 is 1. The fourth-order valence-corrected chi connectivity index (χ4v) is 1.88. The van der Waals surface area contributed by atoms with Crippen LogP contribution in [0.15, 0.2) is 0 Å². The van der Waals surface area contributed by atoms with Crippen LogP contribution in [-0.2, 0) is 33.3 Å². The van der Waals surface area contributed by atoms with Gasteiger partial charge in [0.2, 0.25) is 0 Å². The molecule has 0 amide bonds. The number of esters is 3. The standard InChI is InChI=1S/C19H30O7/c1-5-8-16(20)24-13-19(11-12-23-4,14-25-17(21)9-6-2)15-26-18(22)10-7-3/h5-10,13-15H2,1-4H3. The molecule has 0 aromatic carbocycles. The van der Waals surface area contributed by atoms with E-state index in [4.69, 9.17) is 18.9 Å². The molecule has 0 bridgehead atoms. The van der Waals surface area contributed by atoms with Gasteiger partial charge in [-0.3, -0.25) is 14.4 Å². The lowest BCUT2D eigenvalue weighted by Gasteiger charge is -2.27. The van der Waals surface area contributed by atoms with Crippen molar-refractivity contribution in [3.63, 3.8) is 0 Å². The number of carbonyl (C=O) groups is 3. The molecule has 0 N–H and O–H groups in total. The third kappa shape index (κ3) is 10.6. The van der Waals surface area contributed by atoms with Gasteiger partial charge in [-0.15, -0.1) is 0 Å². The van der Waals surface area contributed by atoms with Gasteiger partial charge < -0.3 is 18.9 Å². The van der Waals surface area contributed by atoms with Gasteiger partial charge in [0.15, 0.2) is 0 Å². The monoisotopic (exact) mass is 370 g/mol. The maximum Gasteiger partial charge on any atom is 0.305 e. The normalized spacial score (nSPS) is 10.3. The van der Waals surface area contributed by atoms with E-state index in [1.165, 1.54) is 7.11 Å². The van der Waals surface area contributed by atoms with E-state index in [1.807, 2.05) is 20.8 Å². The van der Waals surface area contributed by atoms with E-state index in [2.05, 4.69) is 12.0 Å². The summed E-state index contributed by atoms with van der Waals surface area (Å²) in [7, 11) is 1.38. The molecule has 0 aliphatic heterocycles. The summed E-state index contributed by atoms with van der Waals surface area (Å²) in [6.07, 6.45) is 5.16. The molecule has 0 aliphatic rings. The van der Waals surface area contributed by atoms with Crippen LogP contribution in [0.3, 0.4) is 0 Å². The highest BCUT2D eigenvalue weighted by molar-refractivity contribution is 5.70. The summed E-state index contributed by atoms with van der Waals surface area (Å²) in [4.78, 5) is 35.2. The maximum atomic E-state index is 11.7. The van der Waals surface area contributed by atoms with E-state index < -0.39 is 23.3 Å². The van der Waals surface area contributed by atoms with Gasteiger partial charge in [0, 0.05) is 19.3 Å². The Balaban J connectivity index is 5.23. The maximum absolute atomic E-state index is 11.7. The highest BCUT2D eigenvalue weighted by Gasteiger charge is 2.34. The quantitative estimate of drug-likeness (QED) is 0.296. The molecule has 0 spiro atoms. The van der Waals surface area contributed by atoms with E-state index in [-0.39, 0.29) is 39.1 Å². The zero-order valence-electron chi connectivity index (χ0n) is 16.2. The van der Waals surface area contributed by atoms with Crippen molar-refractivity contribution in [1.29, 1.82) is 0 Å². The highest BCUT2D eigenvalue weighted by Crippen LogP contribution is 2.20. The highest BCUT2D eigenvalue weighted by atomic mass is 16.6. The minimum atomic E-state index is -1.17. The predicted octanol–water partition coefficient (Wildman–Crippen LogP) is 2.61. The molecular formula is C19H30O7. The van der Waals surface area contributed by atoms with Crippen LogP contribution >= 0.6 is 0 Å². The molecule has 0 atom stereocenters. The molecule has 0 unspecified atom stereocenters.